The van der Waals surface area contributed by atoms with Crippen LogP contribution in [0.25, 0.3) is 33.6 Å². The summed E-state index contributed by atoms with van der Waals surface area (Å²) in [5, 5.41) is 6.91. The van der Waals surface area contributed by atoms with Crippen LogP contribution in [-0.2, 0) is 4.79 Å². The monoisotopic (exact) mass is 470 g/mol. The van der Waals surface area contributed by atoms with Gasteiger partial charge in [-0.05, 0) is 37.9 Å². The summed E-state index contributed by atoms with van der Waals surface area (Å²) in [6.45, 7) is 5.28. The van der Waals surface area contributed by atoms with Gasteiger partial charge in [0, 0.05) is 38.3 Å². The Hall–Kier alpha value is -4.17. The van der Waals surface area contributed by atoms with Crippen molar-refractivity contribution in [1.29, 1.82) is 0 Å². The first-order valence-corrected chi connectivity index (χ1v) is 11.4. The van der Waals surface area contributed by atoms with E-state index in [9.17, 15) is 4.79 Å². The molecule has 2 N–H and O–H groups in total. The van der Waals surface area contributed by atoms with Gasteiger partial charge in [0.25, 0.3) is 0 Å². The molecule has 0 saturated carbocycles. The Bertz CT molecular complexity index is 1350. The molecule has 4 aromatic rings. The highest BCUT2D eigenvalue weighted by Crippen LogP contribution is 2.44. The van der Waals surface area contributed by atoms with E-state index in [0.29, 0.717) is 23.0 Å². The van der Waals surface area contributed by atoms with Crippen molar-refractivity contribution in [3.63, 3.8) is 0 Å². The number of amides is 1. The van der Waals surface area contributed by atoms with Crippen molar-refractivity contribution < 1.29 is 9.21 Å². The molecule has 8 heteroatoms. The lowest BCUT2D eigenvalue weighted by Gasteiger charge is -2.24. The summed E-state index contributed by atoms with van der Waals surface area (Å²) in [6.07, 6.45) is 2.75. The molecule has 2 aromatic heterocycles. The summed E-state index contributed by atoms with van der Waals surface area (Å²) in [7, 11) is 7.90. The number of anilines is 3. The number of furan rings is 1. The van der Waals surface area contributed by atoms with Gasteiger partial charge >= 0.3 is 0 Å². The van der Waals surface area contributed by atoms with Crippen molar-refractivity contribution >= 4 is 34.2 Å². The average molecular weight is 471 g/mol. The molecule has 0 radical (unpaired) electrons. The highest BCUT2D eigenvalue weighted by Gasteiger charge is 2.23. The zero-order valence-corrected chi connectivity index (χ0v) is 20.5. The molecule has 0 aliphatic carbocycles. The number of fused-ring (bicyclic) bond motifs is 1. The SMILES string of the molecule is C=CC(=O)Nc1cc(-c2c(-c3ccccc3)oc3ncnc(NC)c23)ccc1N(C)CCN(C)C. The fourth-order valence-corrected chi connectivity index (χ4v) is 3.97. The van der Waals surface area contributed by atoms with Crippen molar-refractivity contribution in [2.45, 2.75) is 0 Å². The van der Waals surface area contributed by atoms with Crippen LogP contribution in [0.15, 0.2) is 71.9 Å². The number of likely N-dealkylation sites (N-methyl/N-ethyl adjacent to an activating group) is 2. The van der Waals surface area contributed by atoms with Gasteiger partial charge in [0.1, 0.15) is 17.9 Å². The predicted octanol–water partition coefficient (Wildman–Crippen LogP) is 4.72. The minimum absolute atomic E-state index is 0.274. The molecule has 0 fully saturated rings. The molecule has 2 aromatic carbocycles. The smallest absolute Gasteiger partial charge is 0.247 e. The average Bonchev–Trinajstić information content (AvgIpc) is 3.27. The van der Waals surface area contributed by atoms with E-state index in [1.54, 1.807) is 0 Å². The first-order valence-electron chi connectivity index (χ1n) is 11.4. The van der Waals surface area contributed by atoms with Gasteiger partial charge in [0.15, 0.2) is 0 Å². The second-order valence-corrected chi connectivity index (χ2v) is 8.47. The van der Waals surface area contributed by atoms with Gasteiger partial charge in [-0.3, -0.25) is 4.79 Å². The fourth-order valence-electron chi connectivity index (χ4n) is 3.97. The van der Waals surface area contributed by atoms with Crippen LogP contribution >= 0.6 is 0 Å². The molecule has 4 rings (SSSR count). The molecular weight excluding hydrogens is 440 g/mol. The summed E-state index contributed by atoms with van der Waals surface area (Å²) in [6, 6.07) is 15.9. The second kappa shape index (κ2) is 10.4. The quantitative estimate of drug-likeness (QED) is 0.342. The standard InChI is InChI=1S/C27H30N6O2/c1-6-22(34)31-20-16-19(12-13-21(20)33(5)15-14-32(3)4)23-24-26(28-2)29-17-30-27(24)35-25(23)18-10-8-7-9-11-18/h6-13,16-17H,1,14-15H2,2-5H3,(H,31,34)(H,28,29,30). The maximum absolute atomic E-state index is 12.3. The number of nitrogens with zero attached hydrogens (tertiary/aromatic N) is 4. The topological polar surface area (TPSA) is 86.5 Å². The molecular formula is C27H30N6O2. The summed E-state index contributed by atoms with van der Waals surface area (Å²) in [5.74, 6) is 1.08. The van der Waals surface area contributed by atoms with Gasteiger partial charge in [-0.25, -0.2) is 9.97 Å². The molecule has 35 heavy (non-hydrogen) atoms. The van der Waals surface area contributed by atoms with Crippen molar-refractivity contribution in [1.82, 2.24) is 14.9 Å². The largest absolute Gasteiger partial charge is 0.437 e. The van der Waals surface area contributed by atoms with E-state index >= 15 is 0 Å². The van der Waals surface area contributed by atoms with Gasteiger partial charge < -0.3 is 24.9 Å². The Morgan fingerprint density at radius 3 is 2.51 bits per heavy atom. The van der Waals surface area contributed by atoms with E-state index in [1.165, 1.54) is 12.4 Å². The third kappa shape index (κ3) is 5.02. The minimum atomic E-state index is -0.274. The molecule has 2 heterocycles. The Balaban J connectivity index is 1.92. The van der Waals surface area contributed by atoms with E-state index in [1.807, 2.05) is 76.7 Å². The van der Waals surface area contributed by atoms with E-state index in [4.69, 9.17) is 4.42 Å². The summed E-state index contributed by atoms with van der Waals surface area (Å²) in [5.41, 5.74) is 4.73. The normalized spacial score (nSPS) is 11.0. The zero-order valence-electron chi connectivity index (χ0n) is 20.5. The lowest BCUT2D eigenvalue weighted by molar-refractivity contribution is -0.111. The molecule has 0 aliphatic heterocycles. The molecule has 0 unspecified atom stereocenters. The molecule has 0 saturated heterocycles. The molecule has 1 amide bonds. The van der Waals surface area contributed by atoms with Crippen LogP contribution in [0.2, 0.25) is 0 Å². The summed E-state index contributed by atoms with van der Waals surface area (Å²) < 4.78 is 6.26. The lowest BCUT2D eigenvalue weighted by atomic mass is 9.98. The molecule has 0 spiro atoms. The van der Waals surface area contributed by atoms with Crippen LogP contribution in [0, 0.1) is 0 Å². The number of hydrogen-bond acceptors (Lipinski definition) is 7. The van der Waals surface area contributed by atoms with Gasteiger partial charge in [-0.2, -0.15) is 0 Å². The third-order valence-corrected chi connectivity index (χ3v) is 5.78. The maximum atomic E-state index is 12.3. The van der Waals surface area contributed by atoms with E-state index in [-0.39, 0.29) is 5.91 Å². The van der Waals surface area contributed by atoms with E-state index in [2.05, 4.69) is 37.0 Å². The summed E-state index contributed by atoms with van der Waals surface area (Å²) >= 11 is 0. The number of carbonyl (C=O) groups is 1. The molecule has 8 nitrogen and oxygen atoms in total. The maximum Gasteiger partial charge on any atom is 0.247 e. The lowest BCUT2D eigenvalue weighted by Crippen LogP contribution is -2.29. The number of rotatable bonds is 9. The van der Waals surface area contributed by atoms with Crippen LogP contribution < -0.4 is 15.5 Å². The Kier molecular flexibility index (Phi) is 7.12. The highest BCUT2D eigenvalue weighted by molar-refractivity contribution is 6.07. The predicted molar refractivity (Wildman–Crippen MR) is 143 cm³/mol. The second-order valence-electron chi connectivity index (χ2n) is 8.47. The van der Waals surface area contributed by atoms with Crippen LogP contribution in [0.3, 0.4) is 0 Å². The molecule has 0 bridgehead atoms. The highest BCUT2D eigenvalue weighted by atomic mass is 16.3. The summed E-state index contributed by atoms with van der Waals surface area (Å²) in [4.78, 5) is 25.3. The van der Waals surface area contributed by atoms with E-state index < -0.39 is 0 Å². The molecule has 0 atom stereocenters. The van der Waals surface area contributed by atoms with Crippen molar-refractivity contribution in [3.8, 4) is 22.5 Å². The Morgan fingerprint density at radius 1 is 1.06 bits per heavy atom. The van der Waals surface area contributed by atoms with E-state index in [0.717, 1.165) is 40.9 Å². The zero-order chi connectivity index (χ0) is 24.9. The minimum Gasteiger partial charge on any atom is -0.437 e. The van der Waals surface area contributed by atoms with Gasteiger partial charge in [0.2, 0.25) is 11.6 Å². The first-order chi connectivity index (χ1) is 16.9. The van der Waals surface area contributed by atoms with Crippen molar-refractivity contribution in [3.05, 3.63) is 67.5 Å². The number of carbonyl (C=O) groups excluding carboxylic acids is 1. The van der Waals surface area contributed by atoms with Crippen molar-refractivity contribution in [2.24, 2.45) is 0 Å². The Morgan fingerprint density at radius 2 is 1.83 bits per heavy atom. The number of nitrogens with one attached hydrogen (secondary N) is 2. The van der Waals surface area contributed by atoms with Gasteiger partial charge in [0.05, 0.1) is 16.8 Å². The molecule has 0 aliphatic rings. The van der Waals surface area contributed by atoms with Crippen LogP contribution in [0.4, 0.5) is 17.2 Å². The number of hydrogen-bond donors (Lipinski definition) is 2. The van der Waals surface area contributed by atoms with Crippen LogP contribution in [0.1, 0.15) is 0 Å². The van der Waals surface area contributed by atoms with Crippen LogP contribution in [0.5, 0.6) is 0 Å². The van der Waals surface area contributed by atoms with Gasteiger partial charge in [-0.1, -0.05) is 43.0 Å². The van der Waals surface area contributed by atoms with Crippen LogP contribution in [-0.4, -0.2) is 62.1 Å². The number of benzene rings is 2. The molecule has 180 valence electrons. The third-order valence-electron chi connectivity index (χ3n) is 5.78. The van der Waals surface area contributed by atoms with Gasteiger partial charge in [-0.15, -0.1) is 0 Å². The van der Waals surface area contributed by atoms with Crippen molar-refractivity contribution in [2.75, 3.05) is 56.8 Å². The Labute approximate surface area is 205 Å². The fraction of sp³-hybridized carbons (Fsp3) is 0.222. The first kappa shape index (κ1) is 24.0. The number of aromatic nitrogens is 2.